The molecule has 0 heterocycles. The first-order valence-electron chi connectivity index (χ1n) is 3.59. The third-order valence-corrected chi connectivity index (χ3v) is 1.79. The molecule has 1 aromatic carbocycles. The molecule has 0 amide bonds. The van der Waals surface area contributed by atoms with Gasteiger partial charge in [-0.25, -0.2) is 9.18 Å². The summed E-state index contributed by atoms with van der Waals surface area (Å²) in [6, 6.07) is 1.69. The molecule has 0 aliphatic heterocycles. The number of carbonyl (C=O) groups is 1. The zero-order valence-corrected chi connectivity index (χ0v) is 7.76. The van der Waals surface area contributed by atoms with E-state index in [-0.39, 0.29) is 5.02 Å². The molecule has 1 aromatic rings. The van der Waals surface area contributed by atoms with E-state index >= 15 is 0 Å². The Morgan fingerprint density at radius 2 is 2.07 bits per heavy atom. The van der Waals surface area contributed by atoms with Crippen molar-refractivity contribution < 1.29 is 27.8 Å². The number of rotatable bonds is 3. The van der Waals surface area contributed by atoms with Crippen LogP contribution >= 0.6 is 11.6 Å². The Balaban J connectivity index is 3.31. The zero-order valence-electron chi connectivity index (χ0n) is 7.01. The Hall–Kier alpha value is -1.43. The predicted octanol–water partition coefficient (Wildman–Crippen LogP) is 2.78. The molecule has 0 aliphatic rings. The van der Waals surface area contributed by atoms with Crippen LogP contribution in [0.4, 0.5) is 13.2 Å². The topological polar surface area (TPSA) is 46.5 Å². The SMILES string of the molecule is O=C(O)c1c(Cl)ccc(F)c1OC(F)F. The largest absolute Gasteiger partial charge is 0.477 e. The molecule has 3 nitrogen and oxygen atoms in total. The van der Waals surface area contributed by atoms with E-state index in [2.05, 4.69) is 4.74 Å². The fourth-order valence-electron chi connectivity index (χ4n) is 0.937. The predicted molar refractivity (Wildman–Crippen MR) is 45.0 cm³/mol. The molecule has 1 N–H and O–H groups in total. The van der Waals surface area contributed by atoms with E-state index in [1.807, 2.05) is 0 Å². The number of carboxylic acid groups (broad SMARTS) is 1. The second-order valence-corrected chi connectivity index (χ2v) is 2.82. The van der Waals surface area contributed by atoms with Gasteiger partial charge in [0.25, 0.3) is 0 Å². The normalized spacial score (nSPS) is 10.5. The van der Waals surface area contributed by atoms with E-state index in [1.54, 1.807) is 0 Å². The minimum atomic E-state index is -3.32. The van der Waals surface area contributed by atoms with Crippen LogP contribution in [0.3, 0.4) is 0 Å². The first-order valence-corrected chi connectivity index (χ1v) is 3.97. The highest BCUT2D eigenvalue weighted by atomic mass is 35.5. The lowest BCUT2D eigenvalue weighted by molar-refractivity contribution is -0.0526. The minimum absolute atomic E-state index is 0.375. The molecule has 0 bridgehead atoms. The lowest BCUT2D eigenvalue weighted by atomic mass is 10.2. The fourth-order valence-corrected chi connectivity index (χ4v) is 1.17. The summed E-state index contributed by atoms with van der Waals surface area (Å²) >= 11 is 5.41. The summed E-state index contributed by atoms with van der Waals surface area (Å²) in [6.45, 7) is -3.32. The van der Waals surface area contributed by atoms with Gasteiger partial charge < -0.3 is 9.84 Å². The molecule has 7 heteroatoms. The van der Waals surface area contributed by atoms with Gasteiger partial charge in [0.1, 0.15) is 5.56 Å². The van der Waals surface area contributed by atoms with Gasteiger partial charge in [-0.3, -0.25) is 0 Å². The first-order chi connectivity index (χ1) is 6.93. The lowest BCUT2D eigenvalue weighted by Crippen LogP contribution is -2.10. The lowest BCUT2D eigenvalue weighted by Gasteiger charge is -2.09. The summed E-state index contributed by atoms with van der Waals surface area (Å²) < 4.78 is 40.4. The molecule has 82 valence electrons. The smallest absolute Gasteiger partial charge is 0.387 e. The molecule has 0 spiro atoms. The summed E-state index contributed by atoms with van der Waals surface area (Å²) in [5, 5.41) is 8.23. The van der Waals surface area contributed by atoms with Crippen molar-refractivity contribution in [3.8, 4) is 5.75 Å². The molecular weight excluding hydrogens is 237 g/mol. The van der Waals surface area contributed by atoms with Crippen LogP contribution in [-0.4, -0.2) is 17.7 Å². The van der Waals surface area contributed by atoms with Gasteiger partial charge >= 0.3 is 12.6 Å². The van der Waals surface area contributed by atoms with Crippen LogP contribution < -0.4 is 4.74 Å². The average molecular weight is 241 g/mol. The summed E-state index contributed by atoms with van der Waals surface area (Å²) in [6.07, 6.45) is 0. The van der Waals surface area contributed by atoms with Crippen LogP contribution in [-0.2, 0) is 0 Å². The Bertz CT molecular complexity index is 395. The van der Waals surface area contributed by atoms with Gasteiger partial charge in [-0.05, 0) is 12.1 Å². The van der Waals surface area contributed by atoms with Gasteiger partial charge in [0.15, 0.2) is 11.6 Å². The highest BCUT2D eigenvalue weighted by Crippen LogP contribution is 2.30. The Morgan fingerprint density at radius 3 is 2.53 bits per heavy atom. The molecular formula is C8H4ClF3O3. The Kier molecular flexibility index (Phi) is 3.41. The average Bonchev–Trinajstić information content (AvgIpc) is 2.10. The van der Waals surface area contributed by atoms with Crippen molar-refractivity contribution >= 4 is 17.6 Å². The monoisotopic (exact) mass is 240 g/mol. The summed E-state index contributed by atoms with van der Waals surface area (Å²) in [4.78, 5) is 10.6. The van der Waals surface area contributed by atoms with Crippen molar-refractivity contribution in [2.75, 3.05) is 0 Å². The van der Waals surface area contributed by atoms with Gasteiger partial charge in [-0.1, -0.05) is 11.6 Å². The molecule has 15 heavy (non-hydrogen) atoms. The summed E-state index contributed by atoms with van der Waals surface area (Å²) in [7, 11) is 0. The standard InChI is InChI=1S/C8H4ClF3O3/c9-3-1-2-4(10)6(15-8(11)12)5(3)7(13)14/h1-2,8H,(H,13,14). The number of halogens is 4. The molecule has 0 aliphatic carbocycles. The van der Waals surface area contributed by atoms with Crippen LogP contribution in [0, 0.1) is 5.82 Å². The third kappa shape index (κ3) is 2.53. The summed E-state index contributed by atoms with van der Waals surface area (Å²) in [5.74, 6) is -3.92. The molecule has 0 saturated heterocycles. The second kappa shape index (κ2) is 4.39. The first kappa shape index (κ1) is 11.6. The number of ether oxygens (including phenoxy) is 1. The van der Waals surface area contributed by atoms with Crippen LogP contribution in [0.2, 0.25) is 5.02 Å². The number of carboxylic acids is 1. The van der Waals surface area contributed by atoms with Gasteiger partial charge in [-0.15, -0.1) is 0 Å². The molecule has 1 rings (SSSR count). The van der Waals surface area contributed by atoms with E-state index in [0.717, 1.165) is 12.1 Å². The van der Waals surface area contributed by atoms with E-state index in [1.165, 1.54) is 0 Å². The third-order valence-electron chi connectivity index (χ3n) is 1.48. The zero-order chi connectivity index (χ0) is 11.6. The molecule has 0 aromatic heterocycles. The molecule has 0 unspecified atom stereocenters. The van der Waals surface area contributed by atoms with E-state index in [0.29, 0.717) is 0 Å². The van der Waals surface area contributed by atoms with Crippen molar-refractivity contribution in [1.82, 2.24) is 0 Å². The highest BCUT2D eigenvalue weighted by molar-refractivity contribution is 6.33. The van der Waals surface area contributed by atoms with Crippen molar-refractivity contribution in [2.24, 2.45) is 0 Å². The number of hydrogen-bond donors (Lipinski definition) is 1. The van der Waals surface area contributed by atoms with Gasteiger partial charge in [0, 0.05) is 0 Å². The molecule has 0 atom stereocenters. The molecule has 0 saturated carbocycles. The maximum atomic E-state index is 13.0. The van der Waals surface area contributed by atoms with Crippen LogP contribution in [0.1, 0.15) is 10.4 Å². The van der Waals surface area contributed by atoms with Crippen molar-refractivity contribution in [3.05, 3.63) is 28.5 Å². The number of hydrogen-bond acceptors (Lipinski definition) is 2. The van der Waals surface area contributed by atoms with Crippen LogP contribution in [0.5, 0.6) is 5.75 Å². The molecule has 0 fully saturated rings. The van der Waals surface area contributed by atoms with E-state index in [9.17, 15) is 18.0 Å². The van der Waals surface area contributed by atoms with Crippen molar-refractivity contribution in [2.45, 2.75) is 6.61 Å². The van der Waals surface area contributed by atoms with E-state index in [4.69, 9.17) is 16.7 Å². The van der Waals surface area contributed by atoms with Crippen molar-refractivity contribution in [1.29, 1.82) is 0 Å². The number of aromatic carboxylic acids is 1. The van der Waals surface area contributed by atoms with Gasteiger partial charge in [0.2, 0.25) is 0 Å². The second-order valence-electron chi connectivity index (χ2n) is 2.42. The highest BCUT2D eigenvalue weighted by Gasteiger charge is 2.22. The van der Waals surface area contributed by atoms with Crippen LogP contribution in [0.25, 0.3) is 0 Å². The fraction of sp³-hybridized carbons (Fsp3) is 0.125. The molecule has 0 radical (unpaired) electrons. The Morgan fingerprint density at radius 1 is 1.47 bits per heavy atom. The quantitative estimate of drug-likeness (QED) is 0.884. The maximum absolute atomic E-state index is 13.0. The number of benzene rings is 1. The van der Waals surface area contributed by atoms with E-state index < -0.39 is 29.7 Å². The maximum Gasteiger partial charge on any atom is 0.387 e. The Labute approximate surface area is 87.0 Å². The minimum Gasteiger partial charge on any atom is -0.477 e. The van der Waals surface area contributed by atoms with Gasteiger partial charge in [0.05, 0.1) is 5.02 Å². The van der Waals surface area contributed by atoms with Crippen molar-refractivity contribution in [3.63, 3.8) is 0 Å². The van der Waals surface area contributed by atoms with Crippen LogP contribution in [0.15, 0.2) is 12.1 Å². The number of alkyl halides is 2. The summed E-state index contributed by atoms with van der Waals surface area (Å²) in [5.41, 5.74) is -0.822. The van der Waals surface area contributed by atoms with Gasteiger partial charge in [-0.2, -0.15) is 8.78 Å².